The summed E-state index contributed by atoms with van der Waals surface area (Å²) in [5, 5.41) is 0. The number of rotatable bonds is 2. The Balaban J connectivity index is 2.06. The van der Waals surface area contributed by atoms with Crippen LogP contribution >= 0.6 is 0 Å². The van der Waals surface area contributed by atoms with E-state index in [2.05, 4.69) is 11.8 Å². The maximum absolute atomic E-state index is 5.52. The first-order chi connectivity index (χ1) is 6.35. The van der Waals surface area contributed by atoms with Crippen LogP contribution in [0.4, 0.5) is 0 Å². The molecule has 0 saturated carbocycles. The van der Waals surface area contributed by atoms with E-state index in [4.69, 9.17) is 4.74 Å². The number of fused-ring (bicyclic) bond motifs is 4. The Hall–Kier alpha value is -0.0800. The summed E-state index contributed by atoms with van der Waals surface area (Å²) < 4.78 is 5.52. The molecule has 0 aromatic carbocycles. The predicted octanol–water partition coefficient (Wildman–Crippen LogP) is 2.10. The zero-order chi connectivity index (χ0) is 9.26. The van der Waals surface area contributed by atoms with Gasteiger partial charge < -0.3 is 4.74 Å². The van der Waals surface area contributed by atoms with Gasteiger partial charge in [0, 0.05) is 20.2 Å². The van der Waals surface area contributed by atoms with Crippen LogP contribution in [0.5, 0.6) is 0 Å². The van der Waals surface area contributed by atoms with Crippen molar-refractivity contribution in [2.24, 2.45) is 11.8 Å². The molecule has 3 rings (SSSR count). The Morgan fingerprint density at radius 3 is 2.85 bits per heavy atom. The minimum Gasteiger partial charge on any atom is -0.366 e. The first-order valence-corrected chi connectivity index (χ1v) is 5.62. The first kappa shape index (κ1) is 9.47. The third-order valence-electron chi connectivity index (χ3n) is 3.91. The molecule has 2 heteroatoms. The molecule has 0 amide bonds. The molecule has 2 bridgehead atoms. The van der Waals surface area contributed by atoms with Gasteiger partial charge in [-0.15, -0.1) is 0 Å². The van der Waals surface area contributed by atoms with Crippen molar-refractivity contribution in [3.8, 4) is 0 Å². The Morgan fingerprint density at radius 1 is 1.31 bits per heavy atom. The van der Waals surface area contributed by atoms with E-state index in [9.17, 15) is 0 Å². The fraction of sp³-hybridized carbons (Fsp3) is 1.00. The first-order valence-electron chi connectivity index (χ1n) is 5.62. The van der Waals surface area contributed by atoms with Gasteiger partial charge in [-0.1, -0.05) is 13.3 Å². The lowest BCUT2D eigenvalue weighted by Gasteiger charge is -2.36. The second kappa shape index (κ2) is 3.97. The quantitative estimate of drug-likeness (QED) is 0.650. The van der Waals surface area contributed by atoms with E-state index in [1.807, 2.05) is 7.11 Å². The standard InChI is InChI=1S/C11H21NO/c1-3-9-8-12-7-6-10(9)4-5-11(12)13-2/h9-11H,3-8H2,1-2H3/t9-,10+,11-/m0/s1. The van der Waals surface area contributed by atoms with Crippen LogP contribution in [0.15, 0.2) is 0 Å². The monoisotopic (exact) mass is 183 g/mol. The van der Waals surface area contributed by atoms with Gasteiger partial charge in [0.1, 0.15) is 6.23 Å². The van der Waals surface area contributed by atoms with Crippen LogP contribution in [0, 0.1) is 11.8 Å². The van der Waals surface area contributed by atoms with Crippen molar-refractivity contribution in [3.05, 3.63) is 0 Å². The molecule has 0 spiro atoms. The van der Waals surface area contributed by atoms with Crippen LogP contribution in [0.25, 0.3) is 0 Å². The van der Waals surface area contributed by atoms with E-state index in [0.717, 1.165) is 11.8 Å². The van der Waals surface area contributed by atoms with Crippen molar-refractivity contribution in [1.29, 1.82) is 0 Å². The molecule has 2 nitrogen and oxygen atoms in total. The molecule has 0 aliphatic carbocycles. The second-order valence-corrected chi connectivity index (χ2v) is 4.48. The van der Waals surface area contributed by atoms with Crippen LogP contribution in [0.2, 0.25) is 0 Å². The van der Waals surface area contributed by atoms with E-state index in [-0.39, 0.29) is 0 Å². The summed E-state index contributed by atoms with van der Waals surface area (Å²) in [4.78, 5) is 2.54. The predicted molar refractivity (Wildman–Crippen MR) is 53.5 cm³/mol. The molecule has 0 N–H and O–H groups in total. The average Bonchev–Trinajstić information content (AvgIpc) is 2.47. The highest BCUT2D eigenvalue weighted by atomic mass is 16.5. The van der Waals surface area contributed by atoms with Crippen LogP contribution in [0.1, 0.15) is 32.6 Å². The van der Waals surface area contributed by atoms with E-state index in [0.29, 0.717) is 6.23 Å². The lowest BCUT2D eigenvalue weighted by atomic mass is 9.83. The average molecular weight is 183 g/mol. The van der Waals surface area contributed by atoms with Crippen molar-refractivity contribution in [2.75, 3.05) is 20.2 Å². The minimum absolute atomic E-state index is 0.418. The van der Waals surface area contributed by atoms with Crippen molar-refractivity contribution >= 4 is 0 Å². The Labute approximate surface area is 81.3 Å². The molecule has 76 valence electrons. The maximum Gasteiger partial charge on any atom is 0.110 e. The molecular weight excluding hydrogens is 162 g/mol. The van der Waals surface area contributed by atoms with Gasteiger partial charge in [-0.2, -0.15) is 0 Å². The number of hydrogen-bond donors (Lipinski definition) is 0. The summed E-state index contributed by atoms with van der Waals surface area (Å²) in [6, 6.07) is 0. The Bertz CT molecular complexity index is 169. The van der Waals surface area contributed by atoms with Gasteiger partial charge >= 0.3 is 0 Å². The number of methoxy groups -OCH3 is 1. The minimum atomic E-state index is 0.418. The highest BCUT2D eigenvalue weighted by Gasteiger charge is 2.35. The molecule has 3 aliphatic rings. The van der Waals surface area contributed by atoms with Crippen molar-refractivity contribution in [1.82, 2.24) is 4.90 Å². The van der Waals surface area contributed by atoms with E-state index < -0.39 is 0 Å². The summed E-state index contributed by atoms with van der Waals surface area (Å²) >= 11 is 0. The number of ether oxygens (including phenoxy) is 1. The summed E-state index contributed by atoms with van der Waals surface area (Å²) in [5.74, 6) is 1.93. The topological polar surface area (TPSA) is 12.5 Å². The fourth-order valence-corrected chi connectivity index (χ4v) is 3.02. The van der Waals surface area contributed by atoms with Crippen LogP contribution < -0.4 is 0 Å². The summed E-state index contributed by atoms with van der Waals surface area (Å²) in [6.07, 6.45) is 5.79. The van der Waals surface area contributed by atoms with E-state index in [1.54, 1.807) is 0 Å². The lowest BCUT2D eigenvalue weighted by Crippen LogP contribution is -2.42. The number of hydrogen-bond acceptors (Lipinski definition) is 2. The number of nitrogens with zero attached hydrogens (tertiary/aromatic N) is 1. The van der Waals surface area contributed by atoms with Crippen LogP contribution in [0.3, 0.4) is 0 Å². The van der Waals surface area contributed by atoms with Gasteiger partial charge in [0.05, 0.1) is 0 Å². The molecule has 1 unspecified atom stereocenters. The summed E-state index contributed by atoms with van der Waals surface area (Å²) in [6.45, 7) is 4.87. The molecule has 3 heterocycles. The normalized spacial score (nSPS) is 44.8. The Morgan fingerprint density at radius 2 is 2.15 bits per heavy atom. The van der Waals surface area contributed by atoms with Gasteiger partial charge in [0.15, 0.2) is 0 Å². The van der Waals surface area contributed by atoms with Gasteiger partial charge in [-0.25, -0.2) is 0 Å². The highest BCUT2D eigenvalue weighted by Crippen LogP contribution is 2.35. The van der Waals surface area contributed by atoms with E-state index in [1.165, 1.54) is 38.8 Å². The lowest BCUT2D eigenvalue weighted by molar-refractivity contribution is -0.0422. The molecule has 0 radical (unpaired) electrons. The SMILES string of the molecule is CC[C@H]1CN2CC[C@H]1CC[C@@H]2OC. The molecule has 0 aromatic rings. The van der Waals surface area contributed by atoms with Crippen molar-refractivity contribution in [3.63, 3.8) is 0 Å². The summed E-state index contributed by atoms with van der Waals surface area (Å²) in [5.41, 5.74) is 0. The molecule has 4 atom stereocenters. The zero-order valence-electron chi connectivity index (χ0n) is 8.83. The third-order valence-corrected chi connectivity index (χ3v) is 3.91. The molecule has 3 fully saturated rings. The fourth-order valence-electron chi connectivity index (χ4n) is 3.02. The van der Waals surface area contributed by atoms with E-state index >= 15 is 0 Å². The molecule has 3 aliphatic heterocycles. The largest absolute Gasteiger partial charge is 0.366 e. The number of piperidine rings is 1. The van der Waals surface area contributed by atoms with Crippen LogP contribution in [-0.4, -0.2) is 31.3 Å². The smallest absolute Gasteiger partial charge is 0.110 e. The van der Waals surface area contributed by atoms with Crippen LogP contribution in [-0.2, 0) is 4.74 Å². The maximum atomic E-state index is 5.52. The highest BCUT2D eigenvalue weighted by molar-refractivity contribution is 4.85. The van der Waals surface area contributed by atoms with Gasteiger partial charge in [-0.3, -0.25) is 4.90 Å². The van der Waals surface area contributed by atoms with Gasteiger partial charge in [0.25, 0.3) is 0 Å². The van der Waals surface area contributed by atoms with Gasteiger partial charge in [-0.05, 0) is 31.1 Å². The second-order valence-electron chi connectivity index (χ2n) is 4.48. The molecule has 0 aromatic heterocycles. The molecular formula is C11H21NO. The van der Waals surface area contributed by atoms with Gasteiger partial charge in [0.2, 0.25) is 0 Å². The third kappa shape index (κ3) is 1.75. The molecule has 3 saturated heterocycles. The Kier molecular flexibility index (Phi) is 2.89. The molecule has 13 heavy (non-hydrogen) atoms. The van der Waals surface area contributed by atoms with Crippen molar-refractivity contribution in [2.45, 2.75) is 38.8 Å². The zero-order valence-corrected chi connectivity index (χ0v) is 8.83. The van der Waals surface area contributed by atoms with Crippen molar-refractivity contribution < 1.29 is 4.74 Å². The summed E-state index contributed by atoms with van der Waals surface area (Å²) in [7, 11) is 1.85.